The first-order valence-electron chi connectivity index (χ1n) is 7.33. The predicted octanol–water partition coefficient (Wildman–Crippen LogP) is 1.49. The molecule has 1 unspecified atom stereocenters. The minimum absolute atomic E-state index is 0.198. The molecule has 2 N–H and O–H groups in total. The monoisotopic (exact) mass is 335 g/mol. The Bertz CT molecular complexity index is 718. The number of nitrogens with zero attached hydrogens (tertiary/aromatic N) is 4. The Hall–Kier alpha value is -2.12. The Kier molecular flexibility index (Phi) is 4.49. The second kappa shape index (κ2) is 6.55. The summed E-state index contributed by atoms with van der Waals surface area (Å²) in [5.41, 5.74) is 6.54. The predicted molar refractivity (Wildman–Crippen MR) is 85.5 cm³/mol. The molecule has 1 aromatic carbocycles. The lowest BCUT2D eigenvalue weighted by atomic mass is 10.2. The fraction of sp³-hybridized carbons (Fsp3) is 0.400. The lowest BCUT2D eigenvalue weighted by Gasteiger charge is -2.16. The van der Waals surface area contributed by atoms with E-state index >= 15 is 0 Å². The van der Waals surface area contributed by atoms with Gasteiger partial charge in [-0.05, 0) is 24.1 Å². The number of benzene rings is 1. The Morgan fingerprint density at radius 1 is 1.52 bits per heavy atom. The molecule has 1 aliphatic heterocycles. The van der Waals surface area contributed by atoms with Gasteiger partial charge in [0.2, 0.25) is 0 Å². The Morgan fingerprint density at radius 2 is 2.35 bits per heavy atom. The number of hydrogen-bond acceptors (Lipinski definition) is 5. The number of ether oxygens (including phenoxy) is 1. The topological polar surface area (TPSA) is 86.3 Å². The zero-order valence-corrected chi connectivity index (χ0v) is 13.5. The summed E-state index contributed by atoms with van der Waals surface area (Å²) >= 11 is 6.16. The van der Waals surface area contributed by atoms with Gasteiger partial charge in [-0.2, -0.15) is 0 Å². The van der Waals surface area contributed by atoms with Crippen LogP contribution in [0.1, 0.15) is 28.5 Å². The average Bonchev–Trinajstić information content (AvgIpc) is 3.16. The molecular weight excluding hydrogens is 318 g/mol. The molecule has 1 aliphatic rings. The molecule has 1 saturated heterocycles. The minimum Gasteiger partial charge on any atom is -0.495 e. The van der Waals surface area contributed by atoms with Gasteiger partial charge in [-0.25, -0.2) is 4.68 Å². The van der Waals surface area contributed by atoms with E-state index < -0.39 is 5.91 Å². The highest BCUT2D eigenvalue weighted by molar-refractivity contribution is 6.32. The molecule has 8 heteroatoms. The summed E-state index contributed by atoms with van der Waals surface area (Å²) in [7, 11) is 1.60. The zero-order valence-electron chi connectivity index (χ0n) is 12.8. The normalized spacial score (nSPS) is 18.3. The van der Waals surface area contributed by atoms with Crippen molar-refractivity contribution in [2.75, 3.05) is 20.2 Å². The molecule has 0 aliphatic carbocycles. The Balaban J connectivity index is 1.63. The van der Waals surface area contributed by atoms with E-state index in [9.17, 15) is 4.79 Å². The van der Waals surface area contributed by atoms with Crippen molar-refractivity contribution in [2.24, 2.45) is 5.73 Å². The first-order valence-corrected chi connectivity index (χ1v) is 7.71. The van der Waals surface area contributed by atoms with E-state index in [4.69, 9.17) is 22.1 Å². The third-order valence-electron chi connectivity index (χ3n) is 4.01. The van der Waals surface area contributed by atoms with E-state index in [1.165, 1.54) is 0 Å². The number of rotatable bonds is 5. The molecule has 1 fully saturated rings. The van der Waals surface area contributed by atoms with Crippen molar-refractivity contribution in [1.82, 2.24) is 19.9 Å². The van der Waals surface area contributed by atoms with E-state index in [2.05, 4.69) is 15.2 Å². The highest BCUT2D eigenvalue weighted by Gasteiger charge is 2.25. The number of halogens is 1. The molecule has 7 nitrogen and oxygen atoms in total. The summed E-state index contributed by atoms with van der Waals surface area (Å²) in [6, 6.07) is 6.01. The number of hydrogen-bond donors (Lipinski definition) is 1. The van der Waals surface area contributed by atoms with Gasteiger partial charge in [-0.3, -0.25) is 9.69 Å². The third-order valence-corrected chi connectivity index (χ3v) is 4.30. The van der Waals surface area contributed by atoms with Crippen molar-refractivity contribution < 1.29 is 9.53 Å². The molecule has 0 bridgehead atoms. The molecule has 0 saturated carbocycles. The number of carbonyl (C=O) groups is 1. The van der Waals surface area contributed by atoms with Gasteiger partial charge in [-0.1, -0.05) is 22.9 Å². The lowest BCUT2D eigenvalue weighted by molar-refractivity contribution is 0.0995. The van der Waals surface area contributed by atoms with Gasteiger partial charge in [0.05, 0.1) is 24.4 Å². The van der Waals surface area contributed by atoms with Gasteiger partial charge in [0.25, 0.3) is 5.91 Å². The van der Waals surface area contributed by atoms with Gasteiger partial charge < -0.3 is 10.5 Å². The smallest absolute Gasteiger partial charge is 0.270 e. The van der Waals surface area contributed by atoms with Gasteiger partial charge in [0.1, 0.15) is 5.75 Å². The average molecular weight is 336 g/mol. The molecule has 2 heterocycles. The Labute approximate surface area is 139 Å². The van der Waals surface area contributed by atoms with Crippen LogP contribution in [0.15, 0.2) is 24.4 Å². The summed E-state index contributed by atoms with van der Waals surface area (Å²) in [6.07, 6.45) is 2.56. The number of carbonyl (C=O) groups excluding carboxylic acids is 1. The molecule has 0 radical (unpaired) electrons. The molecule has 1 amide bonds. The van der Waals surface area contributed by atoms with Crippen LogP contribution in [-0.4, -0.2) is 46.0 Å². The summed E-state index contributed by atoms with van der Waals surface area (Å²) in [5, 5.41) is 8.40. The van der Waals surface area contributed by atoms with E-state index in [1.54, 1.807) is 18.0 Å². The molecule has 23 heavy (non-hydrogen) atoms. The first-order chi connectivity index (χ1) is 11.1. The molecule has 122 valence electrons. The van der Waals surface area contributed by atoms with Crippen LogP contribution in [0.25, 0.3) is 0 Å². The third kappa shape index (κ3) is 3.46. The molecule has 2 aromatic rings. The SMILES string of the molecule is COc1ccc(CN2CCC(n3cc(C(N)=O)nn3)C2)cc1Cl. The van der Waals surface area contributed by atoms with Gasteiger partial charge >= 0.3 is 0 Å². The number of primary amides is 1. The van der Waals surface area contributed by atoms with Crippen molar-refractivity contribution in [3.05, 3.63) is 40.7 Å². The van der Waals surface area contributed by atoms with Crippen LogP contribution in [0.5, 0.6) is 5.75 Å². The van der Waals surface area contributed by atoms with Crippen LogP contribution in [-0.2, 0) is 6.54 Å². The quantitative estimate of drug-likeness (QED) is 0.894. The fourth-order valence-corrected chi connectivity index (χ4v) is 3.09. The molecular formula is C15H18ClN5O2. The van der Waals surface area contributed by atoms with Crippen molar-refractivity contribution in [2.45, 2.75) is 19.0 Å². The zero-order chi connectivity index (χ0) is 16.4. The molecule has 1 atom stereocenters. The Morgan fingerprint density at radius 3 is 3.00 bits per heavy atom. The summed E-state index contributed by atoms with van der Waals surface area (Å²) in [5.74, 6) is 0.121. The first kappa shape index (κ1) is 15.8. The number of amides is 1. The largest absolute Gasteiger partial charge is 0.495 e. The van der Waals surface area contributed by atoms with Crippen LogP contribution in [0.4, 0.5) is 0 Å². The maximum atomic E-state index is 11.1. The second-order valence-electron chi connectivity index (χ2n) is 5.59. The van der Waals surface area contributed by atoms with Crippen molar-refractivity contribution in [1.29, 1.82) is 0 Å². The number of nitrogens with two attached hydrogens (primary N) is 1. The van der Waals surface area contributed by atoms with Gasteiger partial charge in [0.15, 0.2) is 5.69 Å². The molecule has 1 aromatic heterocycles. The van der Waals surface area contributed by atoms with E-state index in [0.717, 1.165) is 31.6 Å². The van der Waals surface area contributed by atoms with Crippen molar-refractivity contribution in [3.63, 3.8) is 0 Å². The van der Waals surface area contributed by atoms with E-state index in [0.29, 0.717) is 10.8 Å². The van der Waals surface area contributed by atoms with Crippen LogP contribution in [0.2, 0.25) is 5.02 Å². The lowest BCUT2D eigenvalue weighted by Crippen LogP contribution is -2.21. The summed E-state index contributed by atoms with van der Waals surface area (Å²) in [4.78, 5) is 13.4. The minimum atomic E-state index is -0.557. The molecule has 3 rings (SSSR count). The van der Waals surface area contributed by atoms with E-state index in [1.807, 2.05) is 18.2 Å². The van der Waals surface area contributed by atoms with Crippen LogP contribution in [0, 0.1) is 0 Å². The maximum absolute atomic E-state index is 11.1. The number of likely N-dealkylation sites (tertiary alicyclic amines) is 1. The van der Waals surface area contributed by atoms with Crippen LogP contribution >= 0.6 is 11.6 Å². The highest BCUT2D eigenvalue weighted by Crippen LogP contribution is 2.27. The van der Waals surface area contributed by atoms with Crippen molar-refractivity contribution in [3.8, 4) is 5.75 Å². The standard InChI is InChI=1S/C15H18ClN5O2/c1-23-14-3-2-10(6-12(14)16)7-20-5-4-11(8-20)21-9-13(15(17)22)18-19-21/h2-3,6,9,11H,4-5,7-8H2,1H3,(H2,17,22). The second-order valence-corrected chi connectivity index (χ2v) is 6.00. The summed E-state index contributed by atoms with van der Waals surface area (Å²) in [6.45, 7) is 2.59. The molecule has 0 spiro atoms. The van der Waals surface area contributed by atoms with Crippen LogP contribution < -0.4 is 10.5 Å². The number of methoxy groups -OCH3 is 1. The highest BCUT2D eigenvalue weighted by atomic mass is 35.5. The summed E-state index contributed by atoms with van der Waals surface area (Å²) < 4.78 is 6.89. The maximum Gasteiger partial charge on any atom is 0.270 e. The van der Waals surface area contributed by atoms with Crippen molar-refractivity contribution >= 4 is 17.5 Å². The fourth-order valence-electron chi connectivity index (χ4n) is 2.81. The van der Waals surface area contributed by atoms with Gasteiger partial charge in [0, 0.05) is 19.6 Å². The van der Waals surface area contributed by atoms with E-state index in [-0.39, 0.29) is 11.7 Å². The van der Waals surface area contributed by atoms with Gasteiger partial charge in [-0.15, -0.1) is 5.10 Å². The number of aromatic nitrogens is 3. The van der Waals surface area contributed by atoms with Crippen LogP contribution in [0.3, 0.4) is 0 Å².